The van der Waals surface area contributed by atoms with Gasteiger partial charge < -0.3 is 19.9 Å². The van der Waals surface area contributed by atoms with Crippen molar-refractivity contribution in [3.63, 3.8) is 0 Å². The van der Waals surface area contributed by atoms with Gasteiger partial charge >= 0.3 is 0 Å². The Balaban J connectivity index is 1.73. The average Bonchev–Trinajstić information content (AvgIpc) is 3.49. The van der Waals surface area contributed by atoms with Gasteiger partial charge in [0.2, 0.25) is 11.9 Å². The molecule has 3 heterocycles. The summed E-state index contributed by atoms with van der Waals surface area (Å²) < 4.78 is 27.8. The first kappa shape index (κ1) is 33.7. The Morgan fingerprint density at radius 3 is 2.57 bits per heavy atom. The highest BCUT2D eigenvalue weighted by molar-refractivity contribution is 6.76. The van der Waals surface area contributed by atoms with Crippen molar-refractivity contribution in [1.82, 2.24) is 25.2 Å². The molecule has 0 aliphatic carbocycles. The molecule has 42 heavy (non-hydrogen) atoms. The van der Waals surface area contributed by atoms with Crippen molar-refractivity contribution in [3.05, 3.63) is 47.0 Å². The van der Waals surface area contributed by atoms with Gasteiger partial charge in [0.15, 0.2) is 0 Å². The van der Waals surface area contributed by atoms with E-state index in [-0.39, 0.29) is 30.1 Å². The normalized spacial score (nSPS) is 12.5. The first-order valence-electron chi connectivity index (χ1n) is 13.9. The Morgan fingerprint density at radius 2 is 1.93 bits per heavy atom. The molecule has 10 nitrogen and oxygen atoms in total. The summed E-state index contributed by atoms with van der Waals surface area (Å²) in [6.07, 6.45) is 2.85. The van der Waals surface area contributed by atoms with Gasteiger partial charge in [-0.15, -0.1) is 23.2 Å². The molecule has 0 bridgehead atoms. The van der Waals surface area contributed by atoms with E-state index in [1.54, 1.807) is 17.7 Å². The van der Waals surface area contributed by atoms with E-state index in [1.807, 2.05) is 13.8 Å². The van der Waals surface area contributed by atoms with E-state index in [4.69, 9.17) is 32.5 Å². The van der Waals surface area contributed by atoms with Gasteiger partial charge in [0, 0.05) is 31.5 Å². The van der Waals surface area contributed by atoms with Gasteiger partial charge in [-0.05, 0) is 57.7 Å². The van der Waals surface area contributed by atoms with Crippen LogP contribution in [-0.2, 0) is 22.7 Å². The monoisotopic (exact) mass is 640 g/mol. The molecule has 230 valence electrons. The Morgan fingerprint density at radius 1 is 1.19 bits per heavy atom. The molecule has 0 saturated heterocycles. The predicted molar refractivity (Wildman–Crippen MR) is 164 cm³/mol. The molecule has 3 aromatic rings. The molecular weight excluding hydrogens is 602 g/mol. The molecule has 14 heteroatoms. The number of halogens is 3. The third-order valence-electron chi connectivity index (χ3n) is 6.72. The number of amides is 2. The van der Waals surface area contributed by atoms with Crippen LogP contribution in [0.4, 0.5) is 10.2 Å². The van der Waals surface area contributed by atoms with Crippen LogP contribution in [-0.4, -0.2) is 57.3 Å². The number of pyridine rings is 1. The molecule has 0 aromatic carbocycles. The van der Waals surface area contributed by atoms with Crippen LogP contribution in [0.15, 0.2) is 22.9 Å². The molecule has 2 amide bonds. The zero-order chi connectivity index (χ0) is 31.0. The van der Waals surface area contributed by atoms with Crippen molar-refractivity contribution >= 4 is 48.9 Å². The number of hydrogen-bond donors (Lipinski definition) is 2. The molecule has 0 saturated carbocycles. The number of alkyl halides is 2. The van der Waals surface area contributed by atoms with Crippen molar-refractivity contribution in [2.45, 2.75) is 89.7 Å². The summed E-state index contributed by atoms with van der Waals surface area (Å²) >= 11 is 11.7. The standard InChI is InChI=1S/C28H39Cl2FN6O4Si/c1-7-21-20(15-41-36-21)27(38)32-22(9-8-10-23(29)30)28(39)34-24-12-11-19(26(31)33-24)25-17(2)35-37(18(25)3)16-40-13-14-42(4,5)6/h11-12,15,22-23H,7-10,13-14,16H2,1-6H3,(H,32,38)(H,33,34,39)/t22-/m0/s1. The van der Waals surface area contributed by atoms with Crippen LogP contribution in [0.2, 0.25) is 25.7 Å². The lowest BCUT2D eigenvalue weighted by Crippen LogP contribution is -2.44. The van der Waals surface area contributed by atoms with E-state index in [1.165, 1.54) is 12.3 Å². The van der Waals surface area contributed by atoms with Crippen LogP contribution in [0.1, 0.15) is 53.6 Å². The van der Waals surface area contributed by atoms with E-state index in [0.29, 0.717) is 42.8 Å². The third-order valence-corrected chi connectivity index (χ3v) is 8.86. The van der Waals surface area contributed by atoms with Crippen LogP contribution in [0.3, 0.4) is 0 Å². The number of anilines is 1. The van der Waals surface area contributed by atoms with Crippen LogP contribution >= 0.6 is 23.2 Å². The van der Waals surface area contributed by atoms with E-state index in [9.17, 15) is 9.59 Å². The fourth-order valence-electron chi connectivity index (χ4n) is 4.33. The van der Waals surface area contributed by atoms with Gasteiger partial charge in [0.05, 0.1) is 11.4 Å². The zero-order valence-corrected chi connectivity index (χ0v) is 27.4. The fourth-order valence-corrected chi connectivity index (χ4v) is 5.39. The molecule has 0 aliphatic heterocycles. The van der Waals surface area contributed by atoms with Crippen molar-refractivity contribution in [3.8, 4) is 11.1 Å². The molecule has 0 aliphatic rings. The van der Waals surface area contributed by atoms with Gasteiger partial charge in [0.1, 0.15) is 35.3 Å². The second-order valence-corrected chi connectivity index (χ2v) is 18.2. The second-order valence-electron chi connectivity index (χ2n) is 11.3. The minimum absolute atomic E-state index is 0.00432. The Bertz CT molecular complexity index is 1370. The fraction of sp³-hybridized carbons (Fsp3) is 0.536. The number of rotatable bonds is 15. The molecule has 3 aromatic heterocycles. The number of nitrogens with zero attached hydrogens (tertiary/aromatic N) is 4. The molecule has 0 spiro atoms. The maximum atomic E-state index is 15.3. The van der Waals surface area contributed by atoms with Gasteiger partial charge in [-0.3, -0.25) is 9.59 Å². The maximum Gasteiger partial charge on any atom is 0.257 e. The molecule has 1 atom stereocenters. The SMILES string of the molecule is CCc1nocc1C(=O)N[C@@H](CCCC(Cl)Cl)C(=O)Nc1ccc(-c2c(C)nn(COCC[Si](C)(C)C)c2C)c(F)n1. The first-order chi connectivity index (χ1) is 19.8. The summed E-state index contributed by atoms with van der Waals surface area (Å²) in [7, 11) is -1.22. The number of aromatic nitrogens is 4. The summed E-state index contributed by atoms with van der Waals surface area (Å²) in [5.74, 6) is -1.83. The van der Waals surface area contributed by atoms with Gasteiger partial charge in [-0.1, -0.05) is 31.7 Å². The molecular formula is C28H39Cl2FN6O4Si. The molecule has 2 N–H and O–H groups in total. The molecule has 0 unspecified atom stereocenters. The van der Waals surface area contributed by atoms with Crippen molar-refractivity contribution in [2.24, 2.45) is 0 Å². The van der Waals surface area contributed by atoms with Crippen LogP contribution in [0.5, 0.6) is 0 Å². The number of ether oxygens (including phenoxy) is 1. The van der Waals surface area contributed by atoms with Crippen molar-refractivity contribution in [2.75, 3.05) is 11.9 Å². The summed E-state index contributed by atoms with van der Waals surface area (Å²) in [6, 6.07) is 3.14. The highest BCUT2D eigenvalue weighted by Gasteiger charge is 2.25. The Kier molecular flexibility index (Phi) is 12.1. The topological polar surface area (TPSA) is 124 Å². The van der Waals surface area contributed by atoms with E-state index < -0.39 is 36.7 Å². The number of carbonyl (C=O) groups is 2. The predicted octanol–water partition coefficient (Wildman–Crippen LogP) is 6.27. The van der Waals surface area contributed by atoms with E-state index >= 15 is 4.39 Å². The Hall–Kier alpha value is -2.80. The lowest BCUT2D eigenvalue weighted by atomic mass is 10.1. The lowest BCUT2D eigenvalue weighted by molar-refractivity contribution is -0.118. The quantitative estimate of drug-likeness (QED) is 0.0867. The number of carbonyl (C=O) groups excluding carboxylic acids is 2. The maximum absolute atomic E-state index is 15.3. The Labute approximate surface area is 256 Å². The minimum atomic E-state index is -1.22. The molecule has 3 rings (SSSR count). The van der Waals surface area contributed by atoms with Crippen molar-refractivity contribution < 1.29 is 23.2 Å². The summed E-state index contributed by atoms with van der Waals surface area (Å²) in [5.41, 5.74) is 2.98. The lowest BCUT2D eigenvalue weighted by Gasteiger charge is -2.18. The second kappa shape index (κ2) is 15.1. The summed E-state index contributed by atoms with van der Waals surface area (Å²) in [5, 5.41) is 13.7. The van der Waals surface area contributed by atoms with E-state index in [2.05, 4.69) is 45.5 Å². The van der Waals surface area contributed by atoms with Gasteiger partial charge in [0.25, 0.3) is 5.91 Å². The van der Waals surface area contributed by atoms with E-state index in [0.717, 1.165) is 11.7 Å². The highest BCUT2D eigenvalue weighted by Crippen LogP contribution is 2.29. The minimum Gasteiger partial charge on any atom is -0.364 e. The van der Waals surface area contributed by atoms with Gasteiger partial charge in [-0.25, -0.2) is 9.67 Å². The zero-order valence-electron chi connectivity index (χ0n) is 24.9. The van der Waals surface area contributed by atoms with Crippen LogP contribution in [0, 0.1) is 19.8 Å². The average molecular weight is 642 g/mol. The number of aryl methyl sites for hydroxylation is 2. The van der Waals surface area contributed by atoms with Crippen LogP contribution in [0.25, 0.3) is 11.1 Å². The molecule has 0 radical (unpaired) electrons. The summed E-state index contributed by atoms with van der Waals surface area (Å²) in [4.78, 5) is 29.4. The highest BCUT2D eigenvalue weighted by atomic mass is 35.5. The molecule has 0 fully saturated rings. The van der Waals surface area contributed by atoms with Crippen molar-refractivity contribution in [1.29, 1.82) is 0 Å². The summed E-state index contributed by atoms with van der Waals surface area (Å²) in [6.45, 7) is 13.3. The number of hydrogen-bond acceptors (Lipinski definition) is 7. The first-order valence-corrected chi connectivity index (χ1v) is 18.5. The van der Waals surface area contributed by atoms with Gasteiger partial charge in [-0.2, -0.15) is 9.49 Å². The van der Waals surface area contributed by atoms with Crippen LogP contribution < -0.4 is 10.6 Å². The number of nitrogens with one attached hydrogen (secondary N) is 2. The smallest absolute Gasteiger partial charge is 0.257 e. The third kappa shape index (κ3) is 9.35. The largest absolute Gasteiger partial charge is 0.364 e.